The van der Waals surface area contributed by atoms with Gasteiger partial charge < -0.3 is 24.8 Å². The van der Waals surface area contributed by atoms with Gasteiger partial charge in [-0.3, -0.25) is 23.8 Å². The predicted molar refractivity (Wildman–Crippen MR) is 185 cm³/mol. The normalized spacial score (nSPS) is 18.5. The van der Waals surface area contributed by atoms with Crippen LogP contribution in [0.1, 0.15) is 47.8 Å². The van der Waals surface area contributed by atoms with E-state index in [0.29, 0.717) is 55.5 Å². The van der Waals surface area contributed by atoms with Crippen LogP contribution in [-0.4, -0.2) is 77.5 Å². The lowest BCUT2D eigenvalue weighted by molar-refractivity contribution is -0.151. The summed E-state index contributed by atoms with van der Waals surface area (Å²) in [6, 6.07) is 26.3. The number of fused-ring (bicyclic) bond motifs is 1. The highest BCUT2D eigenvalue weighted by molar-refractivity contribution is 5.84. The van der Waals surface area contributed by atoms with Crippen LogP contribution in [-0.2, 0) is 36.8 Å². The zero-order valence-electron chi connectivity index (χ0n) is 27.7. The molecule has 4 atom stereocenters. The summed E-state index contributed by atoms with van der Waals surface area (Å²) in [5.41, 5.74) is 4.05. The van der Waals surface area contributed by atoms with Crippen LogP contribution in [0.3, 0.4) is 0 Å². The van der Waals surface area contributed by atoms with E-state index in [-0.39, 0.29) is 18.2 Å². The number of pyridine rings is 1. The van der Waals surface area contributed by atoms with E-state index < -0.39 is 24.5 Å². The second kappa shape index (κ2) is 15.6. The van der Waals surface area contributed by atoms with Crippen LogP contribution in [0.4, 0.5) is 11.8 Å². The first-order valence-corrected chi connectivity index (χ1v) is 16.6. The molecule has 0 radical (unpaired) electrons. The first kappa shape index (κ1) is 33.3. The topological polar surface area (TPSA) is 173 Å². The summed E-state index contributed by atoms with van der Waals surface area (Å²) in [6.07, 6.45) is 1.42. The van der Waals surface area contributed by atoms with Crippen molar-refractivity contribution in [2.24, 2.45) is 0 Å². The molecule has 15 heteroatoms. The van der Waals surface area contributed by atoms with Crippen LogP contribution < -0.4 is 10.6 Å². The first-order chi connectivity index (χ1) is 25.2. The number of ether oxygens (including phenoxy) is 3. The molecule has 4 aromatic heterocycles. The SMILES string of the molecule is CCn1cnc([C@H]2O[C@@H](n3cnc4c(NCC(c5ccccc5)c5ccccc5)nc(NCCc5ccccn5)nc43)[C@H](OC=O)[C@H]2OC=O)n1. The minimum Gasteiger partial charge on any atom is -0.457 e. The van der Waals surface area contributed by atoms with Gasteiger partial charge >= 0.3 is 0 Å². The molecule has 260 valence electrons. The third-order valence-electron chi connectivity index (χ3n) is 8.71. The molecule has 2 N–H and O–H groups in total. The lowest BCUT2D eigenvalue weighted by Crippen LogP contribution is -2.34. The number of aromatic nitrogens is 8. The third-order valence-corrected chi connectivity index (χ3v) is 8.71. The molecule has 1 saturated heterocycles. The van der Waals surface area contributed by atoms with E-state index in [0.717, 1.165) is 16.8 Å². The van der Waals surface area contributed by atoms with Crippen molar-refractivity contribution in [1.29, 1.82) is 0 Å². The number of imidazole rings is 1. The Bertz CT molecular complexity index is 2000. The molecule has 1 aliphatic heterocycles. The maximum absolute atomic E-state index is 11.8. The second-order valence-electron chi connectivity index (χ2n) is 11.8. The molecule has 0 saturated carbocycles. The molecule has 15 nitrogen and oxygen atoms in total. The zero-order chi connectivity index (χ0) is 35.0. The molecule has 51 heavy (non-hydrogen) atoms. The summed E-state index contributed by atoms with van der Waals surface area (Å²) in [4.78, 5) is 46.6. The van der Waals surface area contributed by atoms with Gasteiger partial charge in [0.1, 0.15) is 6.33 Å². The Hall–Kier alpha value is -6.22. The van der Waals surface area contributed by atoms with Crippen LogP contribution in [0.25, 0.3) is 11.2 Å². The highest BCUT2D eigenvalue weighted by Gasteiger charge is 2.51. The summed E-state index contributed by atoms with van der Waals surface area (Å²) in [6.45, 7) is 4.08. The molecule has 1 aliphatic rings. The second-order valence-corrected chi connectivity index (χ2v) is 11.8. The van der Waals surface area contributed by atoms with Crippen molar-refractivity contribution in [2.75, 3.05) is 23.7 Å². The number of nitrogens with zero attached hydrogens (tertiary/aromatic N) is 8. The highest BCUT2D eigenvalue weighted by Crippen LogP contribution is 2.42. The van der Waals surface area contributed by atoms with Crippen LogP contribution in [0.15, 0.2) is 97.7 Å². The largest absolute Gasteiger partial charge is 0.457 e. The van der Waals surface area contributed by atoms with Gasteiger partial charge in [0.15, 0.2) is 47.3 Å². The molecule has 0 unspecified atom stereocenters. The number of anilines is 2. The Morgan fingerprint density at radius 3 is 2.24 bits per heavy atom. The minimum atomic E-state index is -1.07. The molecule has 0 amide bonds. The summed E-state index contributed by atoms with van der Waals surface area (Å²) in [5.74, 6) is 1.10. The van der Waals surface area contributed by atoms with E-state index >= 15 is 0 Å². The van der Waals surface area contributed by atoms with Gasteiger partial charge in [-0.05, 0) is 30.2 Å². The van der Waals surface area contributed by atoms with Gasteiger partial charge in [-0.2, -0.15) is 15.1 Å². The molecule has 7 rings (SSSR count). The number of aryl methyl sites for hydroxylation is 1. The fourth-order valence-electron chi connectivity index (χ4n) is 6.24. The van der Waals surface area contributed by atoms with Gasteiger partial charge in [-0.15, -0.1) is 0 Å². The van der Waals surface area contributed by atoms with Crippen molar-refractivity contribution in [2.45, 2.75) is 50.3 Å². The van der Waals surface area contributed by atoms with Gasteiger partial charge in [-0.25, -0.2) is 9.97 Å². The maximum Gasteiger partial charge on any atom is 0.293 e. The van der Waals surface area contributed by atoms with Crippen molar-refractivity contribution in [3.05, 3.63) is 120 Å². The third kappa shape index (κ3) is 7.23. The summed E-state index contributed by atoms with van der Waals surface area (Å²) >= 11 is 0. The fourth-order valence-corrected chi connectivity index (χ4v) is 6.24. The standard InChI is InChI=1S/C36H36N10O5/c1-2-45-20-41-33(44-45)30-29(49-22-47)31(50-23-48)35(51-30)46-21-40-28-32(42-36(43-34(28)46)38-18-16-26-15-9-10-17-37-26)39-19-27(24-11-5-3-6-12-24)25-13-7-4-8-14-25/h3-15,17,20-23,27,29-31,35H,2,16,18-19H2,1H3,(H2,38,39,42,43)/t29-,30-,31+,35+/m0/s1. The van der Waals surface area contributed by atoms with Gasteiger partial charge in [0.05, 0.1) is 6.33 Å². The number of rotatable bonds is 16. The van der Waals surface area contributed by atoms with Crippen molar-refractivity contribution < 1.29 is 23.8 Å². The van der Waals surface area contributed by atoms with E-state index in [1.54, 1.807) is 28.1 Å². The molecule has 6 aromatic rings. The summed E-state index contributed by atoms with van der Waals surface area (Å²) in [5, 5.41) is 11.3. The Kier molecular flexibility index (Phi) is 10.1. The smallest absolute Gasteiger partial charge is 0.293 e. The first-order valence-electron chi connectivity index (χ1n) is 16.6. The molecule has 0 spiro atoms. The predicted octanol–water partition coefficient (Wildman–Crippen LogP) is 4.08. The lowest BCUT2D eigenvalue weighted by Gasteiger charge is -2.21. The van der Waals surface area contributed by atoms with Crippen LogP contribution in [0, 0.1) is 0 Å². The number of carbonyl (C=O) groups excluding carboxylic acids is 2. The Morgan fingerprint density at radius 2 is 1.57 bits per heavy atom. The van der Waals surface area contributed by atoms with Crippen molar-refractivity contribution in [1.82, 2.24) is 39.3 Å². The fraction of sp³-hybridized carbons (Fsp3) is 0.278. The van der Waals surface area contributed by atoms with E-state index in [1.807, 2.05) is 61.5 Å². The van der Waals surface area contributed by atoms with Crippen molar-refractivity contribution >= 4 is 35.9 Å². The van der Waals surface area contributed by atoms with Crippen LogP contribution in [0.5, 0.6) is 0 Å². The Morgan fingerprint density at radius 1 is 0.843 bits per heavy atom. The molecule has 1 fully saturated rings. The number of hydrogen-bond acceptors (Lipinski definition) is 13. The quantitative estimate of drug-likeness (QED) is 0.139. The van der Waals surface area contributed by atoms with Gasteiger partial charge in [0, 0.05) is 43.9 Å². The number of nitrogens with one attached hydrogen (secondary N) is 2. The molecule has 5 heterocycles. The van der Waals surface area contributed by atoms with Crippen LogP contribution in [0.2, 0.25) is 0 Å². The van der Waals surface area contributed by atoms with Gasteiger partial charge in [0.2, 0.25) is 5.95 Å². The molecular weight excluding hydrogens is 652 g/mol. The van der Waals surface area contributed by atoms with E-state index in [9.17, 15) is 9.59 Å². The zero-order valence-corrected chi connectivity index (χ0v) is 27.7. The Balaban J connectivity index is 1.25. The molecule has 2 aromatic carbocycles. The monoisotopic (exact) mass is 688 g/mol. The van der Waals surface area contributed by atoms with Crippen molar-refractivity contribution in [3.8, 4) is 0 Å². The van der Waals surface area contributed by atoms with Gasteiger partial charge in [-0.1, -0.05) is 66.7 Å². The number of carbonyl (C=O) groups is 2. The lowest BCUT2D eigenvalue weighted by atomic mass is 9.91. The molecular formula is C36H36N10O5. The maximum atomic E-state index is 11.8. The molecule has 0 bridgehead atoms. The van der Waals surface area contributed by atoms with E-state index in [4.69, 9.17) is 29.2 Å². The number of benzene rings is 2. The average molecular weight is 689 g/mol. The summed E-state index contributed by atoms with van der Waals surface area (Å²) < 4.78 is 20.6. The van der Waals surface area contributed by atoms with E-state index in [1.165, 1.54) is 0 Å². The minimum absolute atomic E-state index is 0.000960. The van der Waals surface area contributed by atoms with Gasteiger partial charge in [0.25, 0.3) is 12.9 Å². The van der Waals surface area contributed by atoms with Crippen LogP contribution >= 0.6 is 0 Å². The van der Waals surface area contributed by atoms with E-state index in [2.05, 4.69) is 50.0 Å². The average Bonchev–Trinajstić information content (AvgIpc) is 3.91. The number of hydrogen-bond donors (Lipinski definition) is 2. The highest BCUT2D eigenvalue weighted by atomic mass is 16.6. The Labute approximate surface area is 293 Å². The molecule has 0 aliphatic carbocycles. The van der Waals surface area contributed by atoms with Crippen molar-refractivity contribution in [3.63, 3.8) is 0 Å². The summed E-state index contributed by atoms with van der Waals surface area (Å²) in [7, 11) is 0.